The Morgan fingerprint density at radius 3 is 2.94 bits per heavy atom. The van der Waals surface area contributed by atoms with Crippen LogP contribution in [-0.4, -0.2) is 18.1 Å². The summed E-state index contributed by atoms with van der Waals surface area (Å²) < 4.78 is 0. The second kappa shape index (κ2) is 4.22. The van der Waals surface area contributed by atoms with E-state index in [-0.39, 0.29) is 0 Å². The van der Waals surface area contributed by atoms with E-state index in [0.717, 1.165) is 25.2 Å². The van der Waals surface area contributed by atoms with Crippen molar-refractivity contribution < 1.29 is 0 Å². The minimum atomic E-state index is 1.11. The summed E-state index contributed by atoms with van der Waals surface area (Å²) in [6.07, 6.45) is 7.70. The maximum Gasteiger partial charge on any atom is 0.0664 e. The smallest absolute Gasteiger partial charge is 0.0664 e. The standard InChI is InChI=1S/C14H16N2/c1-2-6-16-14(3-1)13-9-11-4-7-15-8-5-12(11)10-13/h1-3,6,9,15H,4-5,7-8,10H2. The van der Waals surface area contributed by atoms with Crippen molar-refractivity contribution in [1.82, 2.24) is 10.3 Å². The van der Waals surface area contributed by atoms with Crippen molar-refractivity contribution in [2.75, 3.05) is 13.1 Å². The zero-order valence-corrected chi connectivity index (χ0v) is 9.37. The van der Waals surface area contributed by atoms with Crippen LogP contribution in [0.15, 0.2) is 41.6 Å². The van der Waals surface area contributed by atoms with Gasteiger partial charge in [-0.15, -0.1) is 0 Å². The molecule has 2 aliphatic rings. The molecular weight excluding hydrogens is 196 g/mol. The number of nitrogens with zero attached hydrogens (tertiary/aromatic N) is 1. The van der Waals surface area contributed by atoms with Gasteiger partial charge in [0.15, 0.2) is 0 Å². The molecule has 0 unspecified atom stereocenters. The lowest BCUT2D eigenvalue weighted by molar-refractivity contribution is 0.705. The molecule has 2 heteroatoms. The molecule has 1 aliphatic heterocycles. The molecule has 0 amide bonds. The van der Waals surface area contributed by atoms with Crippen LogP contribution in [-0.2, 0) is 0 Å². The van der Waals surface area contributed by atoms with Crippen molar-refractivity contribution in [3.05, 3.63) is 47.3 Å². The molecule has 0 radical (unpaired) electrons. The van der Waals surface area contributed by atoms with Crippen LogP contribution >= 0.6 is 0 Å². The third-order valence-electron chi connectivity index (χ3n) is 3.37. The van der Waals surface area contributed by atoms with Crippen LogP contribution in [0, 0.1) is 0 Å². The Labute approximate surface area is 96.1 Å². The fourth-order valence-electron chi connectivity index (χ4n) is 2.51. The Morgan fingerprint density at radius 2 is 2.06 bits per heavy atom. The number of nitrogens with one attached hydrogen (secondary N) is 1. The molecule has 16 heavy (non-hydrogen) atoms. The number of allylic oxidation sites excluding steroid dienone is 2. The SMILES string of the molecule is C1=C(c2ccccn2)CC2=C1CCNCC2. The average Bonchev–Trinajstić information content (AvgIpc) is 2.62. The number of aromatic nitrogens is 1. The minimum Gasteiger partial charge on any atom is -0.316 e. The number of hydrogen-bond acceptors (Lipinski definition) is 2. The molecule has 1 aromatic rings. The molecule has 3 rings (SSSR count). The Bertz CT molecular complexity index is 443. The van der Waals surface area contributed by atoms with Crippen molar-refractivity contribution in [2.45, 2.75) is 19.3 Å². The van der Waals surface area contributed by atoms with Gasteiger partial charge in [0.1, 0.15) is 0 Å². The highest BCUT2D eigenvalue weighted by Crippen LogP contribution is 2.35. The molecule has 0 bridgehead atoms. The summed E-state index contributed by atoms with van der Waals surface area (Å²) in [7, 11) is 0. The maximum absolute atomic E-state index is 4.43. The number of hydrogen-bond donors (Lipinski definition) is 1. The predicted molar refractivity (Wildman–Crippen MR) is 66.0 cm³/mol. The normalized spacial score (nSPS) is 20.4. The Kier molecular flexibility index (Phi) is 2.58. The summed E-state index contributed by atoms with van der Waals surface area (Å²) >= 11 is 0. The molecule has 0 fully saturated rings. The summed E-state index contributed by atoms with van der Waals surface area (Å²) in [5.41, 5.74) is 5.70. The molecule has 1 aromatic heterocycles. The third kappa shape index (κ3) is 1.81. The van der Waals surface area contributed by atoms with Crippen molar-refractivity contribution in [2.24, 2.45) is 0 Å². The fourth-order valence-corrected chi connectivity index (χ4v) is 2.51. The van der Waals surface area contributed by atoms with Crippen LogP contribution in [0.1, 0.15) is 25.0 Å². The highest BCUT2D eigenvalue weighted by Gasteiger charge is 2.18. The monoisotopic (exact) mass is 212 g/mol. The zero-order chi connectivity index (χ0) is 10.8. The molecule has 1 N–H and O–H groups in total. The van der Waals surface area contributed by atoms with Gasteiger partial charge >= 0.3 is 0 Å². The van der Waals surface area contributed by atoms with E-state index in [9.17, 15) is 0 Å². The van der Waals surface area contributed by atoms with E-state index < -0.39 is 0 Å². The summed E-state index contributed by atoms with van der Waals surface area (Å²) in [6.45, 7) is 2.24. The third-order valence-corrected chi connectivity index (χ3v) is 3.37. The minimum absolute atomic E-state index is 1.11. The van der Waals surface area contributed by atoms with Crippen LogP contribution in [0.2, 0.25) is 0 Å². The Hall–Kier alpha value is -1.41. The molecule has 1 aliphatic carbocycles. The molecule has 0 aromatic carbocycles. The molecule has 0 spiro atoms. The van der Waals surface area contributed by atoms with Gasteiger partial charge in [0.25, 0.3) is 0 Å². The number of rotatable bonds is 1. The van der Waals surface area contributed by atoms with Crippen molar-refractivity contribution >= 4 is 5.57 Å². The first kappa shape index (κ1) is 9.79. The van der Waals surface area contributed by atoms with Gasteiger partial charge in [0.05, 0.1) is 5.69 Å². The van der Waals surface area contributed by atoms with E-state index in [4.69, 9.17) is 0 Å². The highest BCUT2D eigenvalue weighted by molar-refractivity contribution is 5.72. The fraction of sp³-hybridized carbons (Fsp3) is 0.357. The predicted octanol–water partition coefficient (Wildman–Crippen LogP) is 2.55. The van der Waals surface area contributed by atoms with Gasteiger partial charge in [-0.2, -0.15) is 0 Å². The quantitative estimate of drug-likeness (QED) is 0.773. The van der Waals surface area contributed by atoms with Crippen LogP contribution < -0.4 is 5.32 Å². The summed E-state index contributed by atoms with van der Waals surface area (Å²) in [6, 6.07) is 6.14. The first-order valence-electron chi connectivity index (χ1n) is 5.97. The number of pyridine rings is 1. The van der Waals surface area contributed by atoms with Crippen LogP contribution in [0.4, 0.5) is 0 Å². The summed E-state index contributed by atoms with van der Waals surface area (Å²) in [4.78, 5) is 4.43. The van der Waals surface area contributed by atoms with Gasteiger partial charge in [-0.25, -0.2) is 0 Å². The van der Waals surface area contributed by atoms with E-state index in [1.165, 1.54) is 18.4 Å². The first-order valence-corrected chi connectivity index (χ1v) is 5.97. The second-order valence-electron chi connectivity index (χ2n) is 4.44. The van der Waals surface area contributed by atoms with Crippen LogP contribution in [0.3, 0.4) is 0 Å². The van der Waals surface area contributed by atoms with Gasteiger partial charge in [0.2, 0.25) is 0 Å². The summed E-state index contributed by atoms with van der Waals surface area (Å²) in [5.74, 6) is 0. The van der Waals surface area contributed by atoms with E-state index in [2.05, 4.69) is 28.5 Å². The van der Waals surface area contributed by atoms with Gasteiger partial charge < -0.3 is 5.32 Å². The van der Waals surface area contributed by atoms with E-state index >= 15 is 0 Å². The van der Waals surface area contributed by atoms with Crippen molar-refractivity contribution in [1.29, 1.82) is 0 Å². The molecule has 2 heterocycles. The maximum atomic E-state index is 4.43. The zero-order valence-electron chi connectivity index (χ0n) is 9.37. The molecule has 82 valence electrons. The Balaban J connectivity index is 1.85. The summed E-state index contributed by atoms with van der Waals surface area (Å²) in [5, 5.41) is 3.44. The van der Waals surface area contributed by atoms with Gasteiger partial charge in [-0.1, -0.05) is 17.7 Å². The largest absolute Gasteiger partial charge is 0.316 e. The lowest BCUT2D eigenvalue weighted by Gasteiger charge is -2.04. The highest BCUT2D eigenvalue weighted by atomic mass is 14.8. The van der Waals surface area contributed by atoms with Crippen molar-refractivity contribution in [3.8, 4) is 0 Å². The average molecular weight is 212 g/mol. The van der Waals surface area contributed by atoms with Gasteiger partial charge in [-0.3, -0.25) is 4.98 Å². The lowest BCUT2D eigenvalue weighted by Crippen LogP contribution is -2.14. The van der Waals surface area contributed by atoms with Gasteiger partial charge in [0, 0.05) is 6.20 Å². The van der Waals surface area contributed by atoms with E-state index in [1.54, 1.807) is 11.1 Å². The molecular formula is C14H16N2. The van der Waals surface area contributed by atoms with Crippen LogP contribution in [0.25, 0.3) is 5.57 Å². The molecule has 0 atom stereocenters. The van der Waals surface area contributed by atoms with E-state index in [0.29, 0.717) is 0 Å². The van der Waals surface area contributed by atoms with Gasteiger partial charge in [-0.05, 0) is 55.6 Å². The first-order chi connectivity index (χ1) is 7.93. The lowest BCUT2D eigenvalue weighted by atomic mass is 10.0. The molecule has 0 saturated heterocycles. The topological polar surface area (TPSA) is 24.9 Å². The van der Waals surface area contributed by atoms with Crippen molar-refractivity contribution in [3.63, 3.8) is 0 Å². The second-order valence-corrected chi connectivity index (χ2v) is 4.44. The molecule has 0 saturated carbocycles. The Morgan fingerprint density at radius 1 is 1.12 bits per heavy atom. The van der Waals surface area contributed by atoms with Crippen LogP contribution in [0.5, 0.6) is 0 Å². The van der Waals surface area contributed by atoms with E-state index in [1.807, 2.05) is 12.3 Å². The molecule has 2 nitrogen and oxygen atoms in total.